The normalized spacial score (nSPS) is 11.3. The smallest absolute Gasteiger partial charge is 0.206 e. The second kappa shape index (κ2) is 4.46. The van der Waals surface area contributed by atoms with Crippen LogP contribution in [0.25, 0.3) is 27.6 Å². The Morgan fingerprint density at radius 3 is 2.76 bits per heavy atom. The molecule has 4 nitrogen and oxygen atoms in total. The van der Waals surface area contributed by atoms with Crippen molar-refractivity contribution in [3.8, 4) is 5.69 Å². The molecule has 0 unspecified atom stereocenters. The molecule has 0 bridgehead atoms. The third-order valence-corrected chi connectivity index (χ3v) is 3.83. The van der Waals surface area contributed by atoms with Gasteiger partial charge in [0, 0.05) is 11.6 Å². The van der Waals surface area contributed by atoms with Gasteiger partial charge in [0.2, 0.25) is 5.95 Å². The Labute approximate surface area is 125 Å². The van der Waals surface area contributed by atoms with Crippen molar-refractivity contribution < 1.29 is 0 Å². The lowest BCUT2D eigenvalue weighted by molar-refractivity contribution is 1.12. The van der Waals surface area contributed by atoms with E-state index in [1.54, 1.807) is 6.20 Å². The molecular weight excluding hydrogens is 284 g/mol. The monoisotopic (exact) mass is 294 g/mol. The fourth-order valence-electron chi connectivity index (χ4n) is 2.62. The van der Waals surface area contributed by atoms with Crippen molar-refractivity contribution in [2.75, 3.05) is 5.73 Å². The molecule has 0 spiro atoms. The molecule has 4 rings (SSSR count). The lowest BCUT2D eigenvalue weighted by Crippen LogP contribution is -2.01. The Morgan fingerprint density at radius 1 is 1.00 bits per heavy atom. The highest BCUT2D eigenvalue weighted by molar-refractivity contribution is 6.35. The average molecular weight is 295 g/mol. The predicted molar refractivity (Wildman–Crippen MR) is 85.8 cm³/mol. The van der Waals surface area contributed by atoms with Gasteiger partial charge in [-0.15, -0.1) is 0 Å². The summed E-state index contributed by atoms with van der Waals surface area (Å²) in [7, 11) is 0. The van der Waals surface area contributed by atoms with E-state index in [4.69, 9.17) is 17.3 Å². The Balaban J connectivity index is 2.14. The van der Waals surface area contributed by atoms with Crippen LogP contribution in [0.3, 0.4) is 0 Å². The quantitative estimate of drug-likeness (QED) is 0.581. The van der Waals surface area contributed by atoms with Gasteiger partial charge < -0.3 is 5.73 Å². The predicted octanol–water partition coefficient (Wildman–Crippen LogP) is 3.81. The number of nitrogen functional groups attached to an aromatic ring is 1. The highest BCUT2D eigenvalue weighted by Crippen LogP contribution is 2.30. The van der Waals surface area contributed by atoms with Gasteiger partial charge in [-0.3, -0.25) is 9.55 Å². The summed E-state index contributed by atoms with van der Waals surface area (Å²) in [5, 5.41) is 1.61. The Bertz CT molecular complexity index is 969. The Kier molecular flexibility index (Phi) is 2.59. The zero-order valence-corrected chi connectivity index (χ0v) is 11.7. The number of benzene rings is 2. The van der Waals surface area contributed by atoms with E-state index in [0.717, 1.165) is 22.1 Å². The molecule has 4 aromatic rings. The van der Waals surface area contributed by atoms with E-state index in [2.05, 4.69) is 9.97 Å². The zero-order chi connectivity index (χ0) is 14.4. The minimum absolute atomic E-state index is 0.412. The van der Waals surface area contributed by atoms with E-state index < -0.39 is 0 Å². The van der Waals surface area contributed by atoms with Crippen molar-refractivity contribution in [1.29, 1.82) is 0 Å². The molecule has 0 aliphatic carbocycles. The summed E-state index contributed by atoms with van der Waals surface area (Å²) in [6.45, 7) is 0. The van der Waals surface area contributed by atoms with Gasteiger partial charge in [0.05, 0.1) is 21.7 Å². The molecule has 0 fully saturated rings. The number of nitrogens with zero attached hydrogens (tertiary/aromatic N) is 3. The van der Waals surface area contributed by atoms with Crippen molar-refractivity contribution in [2.24, 2.45) is 0 Å². The van der Waals surface area contributed by atoms with Gasteiger partial charge in [-0.1, -0.05) is 23.7 Å². The number of hydrogen-bond donors (Lipinski definition) is 1. The van der Waals surface area contributed by atoms with Crippen LogP contribution in [-0.2, 0) is 0 Å². The molecule has 102 valence electrons. The molecule has 0 saturated heterocycles. The fourth-order valence-corrected chi connectivity index (χ4v) is 2.83. The lowest BCUT2D eigenvalue weighted by Gasteiger charge is -2.09. The molecule has 5 heteroatoms. The van der Waals surface area contributed by atoms with Crippen LogP contribution in [0.15, 0.2) is 54.7 Å². The summed E-state index contributed by atoms with van der Waals surface area (Å²) in [5.41, 5.74) is 9.57. The van der Waals surface area contributed by atoms with Gasteiger partial charge in [0.1, 0.15) is 5.52 Å². The minimum Gasteiger partial charge on any atom is -0.369 e. The first-order valence-electron chi connectivity index (χ1n) is 6.52. The minimum atomic E-state index is 0.412. The van der Waals surface area contributed by atoms with E-state index in [-0.39, 0.29) is 0 Å². The van der Waals surface area contributed by atoms with Gasteiger partial charge in [-0.2, -0.15) is 0 Å². The molecule has 2 aromatic heterocycles. The third-order valence-electron chi connectivity index (χ3n) is 3.53. The molecule has 0 aliphatic rings. The van der Waals surface area contributed by atoms with Crippen LogP contribution >= 0.6 is 11.6 Å². The third kappa shape index (κ3) is 1.76. The van der Waals surface area contributed by atoms with Gasteiger partial charge in [0.25, 0.3) is 0 Å². The Morgan fingerprint density at radius 2 is 1.86 bits per heavy atom. The molecule has 0 aliphatic heterocycles. The standard InChI is InChI=1S/C16H11ClN4/c17-11-5-1-8-14-15(11)20-16(18)21(14)13-7-2-6-12-10(13)4-3-9-19-12/h1-9H,(H2,18,20). The van der Waals surface area contributed by atoms with Crippen LogP contribution < -0.4 is 5.73 Å². The number of fused-ring (bicyclic) bond motifs is 2. The second-order valence-electron chi connectivity index (χ2n) is 4.76. The fraction of sp³-hybridized carbons (Fsp3) is 0. The van der Waals surface area contributed by atoms with Crippen molar-refractivity contribution in [3.63, 3.8) is 0 Å². The second-order valence-corrected chi connectivity index (χ2v) is 5.17. The summed E-state index contributed by atoms with van der Waals surface area (Å²) in [6.07, 6.45) is 1.78. The number of para-hydroxylation sites is 1. The largest absolute Gasteiger partial charge is 0.369 e. The number of halogens is 1. The van der Waals surface area contributed by atoms with Gasteiger partial charge in [0.15, 0.2) is 0 Å². The number of pyridine rings is 1. The highest BCUT2D eigenvalue weighted by Gasteiger charge is 2.14. The SMILES string of the molecule is Nc1nc2c(Cl)cccc2n1-c1cccc2ncccc12. The Hall–Kier alpha value is -2.59. The van der Waals surface area contributed by atoms with Crippen LogP contribution in [0.2, 0.25) is 5.02 Å². The molecule has 0 radical (unpaired) electrons. The lowest BCUT2D eigenvalue weighted by atomic mass is 10.1. The molecule has 0 amide bonds. The van der Waals surface area contributed by atoms with Gasteiger partial charge in [-0.05, 0) is 36.4 Å². The van der Waals surface area contributed by atoms with E-state index >= 15 is 0 Å². The van der Waals surface area contributed by atoms with Crippen molar-refractivity contribution in [2.45, 2.75) is 0 Å². The molecular formula is C16H11ClN4. The average Bonchev–Trinajstić information content (AvgIpc) is 2.84. The summed E-state index contributed by atoms with van der Waals surface area (Å²) < 4.78 is 1.91. The summed E-state index contributed by atoms with van der Waals surface area (Å²) >= 11 is 6.20. The van der Waals surface area contributed by atoms with E-state index in [1.165, 1.54) is 0 Å². The maximum absolute atomic E-state index is 6.20. The van der Waals surface area contributed by atoms with Crippen molar-refractivity contribution >= 4 is 39.5 Å². The number of rotatable bonds is 1. The summed E-state index contributed by atoms with van der Waals surface area (Å²) in [5.74, 6) is 0.412. The first-order valence-corrected chi connectivity index (χ1v) is 6.90. The number of hydrogen-bond acceptors (Lipinski definition) is 3. The number of anilines is 1. The highest BCUT2D eigenvalue weighted by atomic mass is 35.5. The van der Waals surface area contributed by atoms with Gasteiger partial charge in [-0.25, -0.2) is 4.98 Å². The van der Waals surface area contributed by atoms with Crippen LogP contribution in [0.5, 0.6) is 0 Å². The summed E-state index contributed by atoms with van der Waals surface area (Å²) in [4.78, 5) is 8.76. The van der Waals surface area contributed by atoms with Crippen LogP contribution in [-0.4, -0.2) is 14.5 Å². The molecule has 21 heavy (non-hydrogen) atoms. The van der Waals surface area contributed by atoms with Crippen LogP contribution in [0, 0.1) is 0 Å². The van der Waals surface area contributed by atoms with Crippen LogP contribution in [0.1, 0.15) is 0 Å². The maximum atomic E-state index is 6.20. The van der Waals surface area contributed by atoms with Crippen molar-refractivity contribution in [3.05, 3.63) is 59.8 Å². The molecule has 0 atom stereocenters. The van der Waals surface area contributed by atoms with E-state index in [1.807, 2.05) is 53.1 Å². The van der Waals surface area contributed by atoms with Crippen LogP contribution in [0.4, 0.5) is 5.95 Å². The number of nitrogens with two attached hydrogens (primary N) is 1. The van der Waals surface area contributed by atoms with Gasteiger partial charge >= 0.3 is 0 Å². The molecule has 2 aromatic carbocycles. The zero-order valence-electron chi connectivity index (χ0n) is 11.0. The molecule has 2 heterocycles. The molecule has 2 N–H and O–H groups in total. The molecule has 0 saturated carbocycles. The number of aromatic nitrogens is 3. The van der Waals surface area contributed by atoms with E-state index in [0.29, 0.717) is 16.5 Å². The van der Waals surface area contributed by atoms with E-state index in [9.17, 15) is 0 Å². The first kappa shape index (κ1) is 12.2. The first-order chi connectivity index (χ1) is 10.3. The topological polar surface area (TPSA) is 56.7 Å². The van der Waals surface area contributed by atoms with Crippen molar-refractivity contribution in [1.82, 2.24) is 14.5 Å². The maximum Gasteiger partial charge on any atom is 0.206 e. The summed E-state index contributed by atoms with van der Waals surface area (Å²) in [6, 6.07) is 15.5. The number of imidazole rings is 1.